The number of carbonyl (C=O) groups is 1. The van der Waals surface area contributed by atoms with Crippen LogP contribution in [0.4, 0.5) is 0 Å². The second kappa shape index (κ2) is 11.6. The summed E-state index contributed by atoms with van der Waals surface area (Å²) in [5.74, 6) is 0.911. The summed E-state index contributed by atoms with van der Waals surface area (Å²) in [7, 11) is 1.65. The van der Waals surface area contributed by atoms with Gasteiger partial charge in [-0.1, -0.05) is 42.5 Å². The smallest absolute Gasteiger partial charge is 0.221 e. The third kappa shape index (κ3) is 6.63. The van der Waals surface area contributed by atoms with Crippen molar-refractivity contribution in [2.75, 3.05) is 26.7 Å². The van der Waals surface area contributed by atoms with Crippen LogP contribution in [0.3, 0.4) is 0 Å². The lowest BCUT2D eigenvalue weighted by molar-refractivity contribution is -0.119. The fourth-order valence-electron chi connectivity index (χ4n) is 3.36. The SMILES string of the molecule is CN(C=N)C=CO.NCCOc1cccc(C2(Cc3ccccc3)CNC(=O)C2)c1. The van der Waals surface area contributed by atoms with Crippen molar-refractivity contribution in [3.05, 3.63) is 78.2 Å². The molecule has 1 fully saturated rings. The lowest BCUT2D eigenvalue weighted by Crippen LogP contribution is -2.31. The fourth-order valence-corrected chi connectivity index (χ4v) is 3.36. The molecule has 160 valence electrons. The summed E-state index contributed by atoms with van der Waals surface area (Å²) in [6, 6.07) is 18.3. The minimum absolute atomic E-state index is 0.106. The lowest BCUT2D eigenvalue weighted by atomic mass is 9.75. The van der Waals surface area contributed by atoms with Crippen molar-refractivity contribution in [3.8, 4) is 5.75 Å². The largest absolute Gasteiger partial charge is 0.514 e. The number of nitrogens with two attached hydrogens (primary N) is 1. The Morgan fingerprint density at radius 2 is 2.03 bits per heavy atom. The fraction of sp³-hybridized carbons (Fsp3) is 0.304. The van der Waals surface area contributed by atoms with Gasteiger partial charge >= 0.3 is 0 Å². The average molecular weight is 411 g/mol. The first kappa shape index (κ1) is 23.0. The Hall–Kier alpha value is -3.32. The van der Waals surface area contributed by atoms with E-state index in [0.29, 0.717) is 26.1 Å². The van der Waals surface area contributed by atoms with Crippen molar-refractivity contribution in [1.29, 1.82) is 5.41 Å². The first-order valence-electron chi connectivity index (χ1n) is 9.80. The molecule has 1 amide bonds. The highest BCUT2D eigenvalue weighted by Crippen LogP contribution is 2.36. The number of hydrogen-bond acceptors (Lipinski definition) is 5. The van der Waals surface area contributed by atoms with Gasteiger partial charge in [0.25, 0.3) is 0 Å². The molecule has 5 N–H and O–H groups in total. The van der Waals surface area contributed by atoms with Crippen molar-refractivity contribution in [2.24, 2.45) is 5.73 Å². The second-order valence-corrected chi connectivity index (χ2v) is 7.15. The van der Waals surface area contributed by atoms with Crippen LogP contribution in [0.2, 0.25) is 0 Å². The number of aliphatic hydroxyl groups is 1. The molecule has 1 heterocycles. The Bertz CT molecular complexity index is 841. The van der Waals surface area contributed by atoms with Crippen LogP contribution in [0, 0.1) is 5.41 Å². The Labute approximate surface area is 177 Å². The van der Waals surface area contributed by atoms with Crippen molar-refractivity contribution in [1.82, 2.24) is 10.2 Å². The number of hydrogen-bond donors (Lipinski definition) is 4. The molecule has 2 aromatic carbocycles. The molecular formula is C23H30N4O3. The molecule has 1 unspecified atom stereocenters. The molecule has 1 atom stereocenters. The minimum Gasteiger partial charge on any atom is -0.514 e. The molecule has 3 rings (SSSR count). The van der Waals surface area contributed by atoms with Gasteiger partial charge in [-0.15, -0.1) is 0 Å². The van der Waals surface area contributed by atoms with E-state index >= 15 is 0 Å². The highest BCUT2D eigenvalue weighted by atomic mass is 16.5. The van der Waals surface area contributed by atoms with Crippen molar-refractivity contribution >= 4 is 12.2 Å². The van der Waals surface area contributed by atoms with E-state index in [1.807, 2.05) is 36.4 Å². The topological polar surface area (TPSA) is 112 Å². The highest BCUT2D eigenvalue weighted by Gasteiger charge is 2.40. The summed E-state index contributed by atoms with van der Waals surface area (Å²) in [6.07, 6.45) is 4.67. The van der Waals surface area contributed by atoms with Crippen LogP contribution >= 0.6 is 0 Å². The van der Waals surface area contributed by atoms with Gasteiger partial charge in [-0.3, -0.25) is 10.2 Å². The molecule has 0 radical (unpaired) electrons. The highest BCUT2D eigenvalue weighted by molar-refractivity contribution is 5.81. The summed E-state index contributed by atoms with van der Waals surface area (Å²) >= 11 is 0. The van der Waals surface area contributed by atoms with Crippen LogP contribution < -0.4 is 15.8 Å². The van der Waals surface area contributed by atoms with Gasteiger partial charge < -0.3 is 25.8 Å². The predicted molar refractivity (Wildman–Crippen MR) is 119 cm³/mol. The third-order valence-corrected chi connectivity index (χ3v) is 4.85. The van der Waals surface area contributed by atoms with Crippen molar-refractivity contribution in [3.63, 3.8) is 0 Å². The molecule has 0 aromatic heterocycles. The zero-order chi connectivity index (χ0) is 21.8. The van der Waals surface area contributed by atoms with Crippen LogP contribution in [-0.4, -0.2) is 49.0 Å². The quantitative estimate of drug-likeness (QED) is 0.304. The summed E-state index contributed by atoms with van der Waals surface area (Å²) in [5, 5.41) is 17.6. The molecule has 0 bridgehead atoms. The second-order valence-electron chi connectivity index (χ2n) is 7.15. The van der Waals surface area contributed by atoms with Crippen LogP contribution in [0.5, 0.6) is 5.75 Å². The normalized spacial score (nSPS) is 17.7. The van der Waals surface area contributed by atoms with Gasteiger partial charge in [-0.25, -0.2) is 0 Å². The number of ether oxygens (including phenoxy) is 1. The van der Waals surface area contributed by atoms with Crippen molar-refractivity contribution in [2.45, 2.75) is 18.3 Å². The zero-order valence-corrected chi connectivity index (χ0v) is 17.3. The van der Waals surface area contributed by atoms with Gasteiger partial charge in [-0.2, -0.15) is 0 Å². The van der Waals surface area contributed by atoms with E-state index < -0.39 is 0 Å². The summed E-state index contributed by atoms with van der Waals surface area (Å²) in [4.78, 5) is 13.3. The summed E-state index contributed by atoms with van der Waals surface area (Å²) in [5.41, 5.74) is 7.65. The van der Waals surface area contributed by atoms with Gasteiger partial charge in [-0.05, 0) is 29.7 Å². The molecule has 0 aliphatic carbocycles. The molecule has 1 aliphatic heterocycles. The van der Waals surface area contributed by atoms with E-state index in [2.05, 4.69) is 23.5 Å². The van der Waals surface area contributed by atoms with Gasteiger partial charge in [0.15, 0.2) is 0 Å². The first-order chi connectivity index (χ1) is 14.5. The molecule has 7 heteroatoms. The molecule has 30 heavy (non-hydrogen) atoms. The molecule has 1 aliphatic rings. The number of amides is 1. The minimum atomic E-state index is -0.222. The van der Waals surface area contributed by atoms with Gasteiger partial charge in [0, 0.05) is 38.2 Å². The third-order valence-electron chi connectivity index (χ3n) is 4.85. The molecule has 7 nitrogen and oxygen atoms in total. The maximum atomic E-state index is 11.9. The van der Waals surface area contributed by atoms with Crippen LogP contribution in [0.25, 0.3) is 0 Å². The van der Waals surface area contributed by atoms with Crippen LogP contribution in [0.1, 0.15) is 17.5 Å². The maximum Gasteiger partial charge on any atom is 0.221 e. The number of nitrogens with zero attached hydrogens (tertiary/aromatic N) is 1. The monoisotopic (exact) mass is 410 g/mol. The number of benzene rings is 2. The average Bonchev–Trinajstić information content (AvgIpc) is 3.15. The first-order valence-corrected chi connectivity index (χ1v) is 9.80. The standard InChI is InChI=1S/C19H22N2O2.C4H8N2O/c20-9-10-23-17-8-4-7-16(11-17)19(13-18(22)21-14-19)12-15-5-2-1-3-6-15;1-6(4-5)2-3-7/h1-8,11H,9-10,12-14,20H2,(H,21,22);2-5,7H,1H3. The summed E-state index contributed by atoms with van der Waals surface area (Å²) in [6.45, 7) is 1.63. The van der Waals surface area contributed by atoms with Gasteiger partial charge in [0.1, 0.15) is 12.4 Å². The Morgan fingerprint density at radius 3 is 2.60 bits per heavy atom. The lowest BCUT2D eigenvalue weighted by Gasteiger charge is -2.28. The van der Waals surface area contributed by atoms with Crippen LogP contribution in [-0.2, 0) is 16.6 Å². The Kier molecular flexibility index (Phi) is 8.90. The van der Waals surface area contributed by atoms with Gasteiger partial charge in [0.2, 0.25) is 5.91 Å². The molecule has 0 spiro atoms. The number of rotatable bonds is 8. The van der Waals surface area contributed by atoms with Crippen LogP contribution in [0.15, 0.2) is 67.1 Å². The van der Waals surface area contributed by atoms with E-state index in [1.165, 1.54) is 16.7 Å². The molecular weight excluding hydrogens is 380 g/mol. The van der Waals surface area contributed by atoms with E-state index in [9.17, 15) is 4.79 Å². The Balaban J connectivity index is 0.000000396. The predicted octanol–water partition coefficient (Wildman–Crippen LogP) is 2.58. The van der Waals surface area contributed by atoms with E-state index in [-0.39, 0.29) is 11.3 Å². The van der Waals surface area contributed by atoms with E-state index in [4.69, 9.17) is 21.0 Å². The number of nitrogens with one attached hydrogen (secondary N) is 2. The maximum absolute atomic E-state index is 11.9. The molecule has 2 aromatic rings. The van der Waals surface area contributed by atoms with E-state index in [1.54, 1.807) is 7.05 Å². The van der Waals surface area contributed by atoms with Gasteiger partial charge in [0.05, 0.1) is 12.6 Å². The number of aliphatic hydroxyl groups excluding tert-OH is 1. The van der Waals surface area contributed by atoms with E-state index in [0.717, 1.165) is 30.3 Å². The number of carbonyl (C=O) groups excluding carboxylic acids is 1. The molecule has 0 saturated carbocycles. The summed E-state index contributed by atoms with van der Waals surface area (Å²) < 4.78 is 5.65. The zero-order valence-electron chi connectivity index (χ0n) is 17.3. The molecule has 1 saturated heterocycles. The van der Waals surface area contributed by atoms with Crippen molar-refractivity contribution < 1.29 is 14.6 Å². The Morgan fingerprint density at radius 1 is 1.27 bits per heavy atom.